The summed E-state index contributed by atoms with van der Waals surface area (Å²) in [5, 5.41) is 10.1. The summed E-state index contributed by atoms with van der Waals surface area (Å²) >= 11 is 0. The number of ether oxygens (including phenoxy) is 3. The second-order valence-electron chi connectivity index (χ2n) is 16.0. The maximum atomic E-state index is 12.7. The van der Waals surface area contributed by atoms with Crippen LogP contribution < -0.4 is 11.5 Å². The molecule has 0 heterocycles. The van der Waals surface area contributed by atoms with Gasteiger partial charge in [0.1, 0.15) is 25.4 Å². The van der Waals surface area contributed by atoms with Gasteiger partial charge in [0, 0.05) is 12.8 Å². The molecule has 0 aliphatic rings. The summed E-state index contributed by atoms with van der Waals surface area (Å²) < 4.78 is 38.5. The number of carbonyl (C=O) groups is 3. The third kappa shape index (κ3) is 41.8. The van der Waals surface area contributed by atoms with Crippen LogP contribution >= 0.6 is 20.2 Å². The fourth-order valence-electron chi connectivity index (χ4n) is 6.55. The quantitative estimate of drug-likeness (QED) is 0.0195. The number of phosphoric ester groups is 1. The molecule has 59 heavy (non-hydrogen) atoms. The van der Waals surface area contributed by atoms with Gasteiger partial charge in [-0.05, 0) is 32.2 Å². The van der Waals surface area contributed by atoms with E-state index in [0.29, 0.717) is 38.6 Å². The first-order valence-electron chi connectivity index (χ1n) is 23.3. The summed E-state index contributed by atoms with van der Waals surface area (Å²) in [6.45, 7) is 2.85. The maximum absolute atomic E-state index is 12.7. The lowest BCUT2D eigenvalue weighted by Gasteiger charge is -2.20. The third-order valence-electron chi connectivity index (χ3n) is 10.2. The molecular formula is C44H88ClN2O11P. The van der Waals surface area contributed by atoms with Gasteiger partial charge in [-0.3, -0.25) is 23.4 Å². The molecule has 4 atom stereocenters. The number of halogens is 1. The van der Waals surface area contributed by atoms with E-state index in [-0.39, 0.29) is 31.9 Å². The number of nitrogens with two attached hydrogens (primary N) is 2. The van der Waals surface area contributed by atoms with Gasteiger partial charge in [-0.1, -0.05) is 174 Å². The lowest BCUT2D eigenvalue weighted by molar-refractivity contribution is -0.161. The van der Waals surface area contributed by atoms with Gasteiger partial charge in [0.05, 0.1) is 13.2 Å². The minimum atomic E-state index is -4.74. The molecule has 0 aliphatic heterocycles. The van der Waals surface area contributed by atoms with Crippen LogP contribution in [0.1, 0.15) is 213 Å². The van der Waals surface area contributed by atoms with Crippen molar-refractivity contribution >= 4 is 38.1 Å². The highest BCUT2D eigenvalue weighted by Crippen LogP contribution is 2.43. The molecule has 4 unspecified atom stereocenters. The van der Waals surface area contributed by atoms with E-state index in [2.05, 4.69) is 13.8 Å². The Kier molecular flexibility index (Phi) is 43.9. The SMILES string of the molecule is CCCCCCCCCCCCCCCC(=O)OCC(COP(=O)(O)OCC(O)COC(=O)C(N)CCCCN)OC(=O)CCCCCCCCCCCCCCC.Cl. The minimum absolute atomic E-state index is 0. The molecule has 0 aromatic heterocycles. The van der Waals surface area contributed by atoms with E-state index in [1.54, 1.807) is 0 Å². The molecule has 0 bridgehead atoms. The second-order valence-corrected chi connectivity index (χ2v) is 17.5. The molecule has 15 heteroatoms. The van der Waals surface area contributed by atoms with Crippen LogP contribution in [0.5, 0.6) is 0 Å². The number of rotatable bonds is 44. The summed E-state index contributed by atoms with van der Waals surface area (Å²) in [6.07, 6.45) is 30.4. The van der Waals surface area contributed by atoms with Crippen molar-refractivity contribution in [1.82, 2.24) is 0 Å². The zero-order valence-corrected chi connectivity index (χ0v) is 39.0. The summed E-state index contributed by atoms with van der Waals surface area (Å²) in [5.41, 5.74) is 11.2. The lowest BCUT2D eigenvalue weighted by atomic mass is 10.0. The first-order chi connectivity index (χ1) is 28.0. The van der Waals surface area contributed by atoms with Crippen LogP contribution in [-0.4, -0.2) is 79.1 Å². The largest absolute Gasteiger partial charge is 0.472 e. The molecule has 0 amide bonds. The highest BCUT2D eigenvalue weighted by atomic mass is 35.5. The van der Waals surface area contributed by atoms with Gasteiger partial charge in [-0.25, -0.2) is 4.57 Å². The third-order valence-corrected chi connectivity index (χ3v) is 11.2. The van der Waals surface area contributed by atoms with Crippen LogP contribution in [-0.2, 0) is 42.2 Å². The lowest BCUT2D eigenvalue weighted by Crippen LogP contribution is -2.35. The first kappa shape index (κ1) is 59.8. The molecule has 0 aromatic carbocycles. The molecule has 0 aromatic rings. The van der Waals surface area contributed by atoms with Crippen molar-refractivity contribution in [2.45, 2.75) is 231 Å². The normalized spacial score (nSPS) is 13.9. The maximum Gasteiger partial charge on any atom is 0.472 e. The van der Waals surface area contributed by atoms with Crippen molar-refractivity contribution in [3.05, 3.63) is 0 Å². The highest BCUT2D eigenvalue weighted by Gasteiger charge is 2.28. The molecule has 352 valence electrons. The molecule has 0 fully saturated rings. The van der Waals surface area contributed by atoms with E-state index in [4.69, 9.17) is 34.7 Å². The fraction of sp³-hybridized carbons (Fsp3) is 0.932. The topological polar surface area (TPSA) is 207 Å². The van der Waals surface area contributed by atoms with Crippen LogP contribution in [0, 0.1) is 0 Å². The molecule has 0 spiro atoms. The predicted molar refractivity (Wildman–Crippen MR) is 238 cm³/mol. The van der Waals surface area contributed by atoms with E-state index in [9.17, 15) is 28.9 Å². The van der Waals surface area contributed by atoms with Crippen LogP contribution in [0.3, 0.4) is 0 Å². The van der Waals surface area contributed by atoms with Crippen molar-refractivity contribution in [1.29, 1.82) is 0 Å². The van der Waals surface area contributed by atoms with Crippen LogP contribution in [0.2, 0.25) is 0 Å². The van der Waals surface area contributed by atoms with Gasteiger partial charge in [-0.15, -0.1) is 12.4 Å². The molecule has 6 N–H and O–H groups in total. The zero-order chi connectivity index (χ0) is 43.0. The molecule has 0 saturated carbocycles. The Morgan fingerprint density at radius 3 is 1.39 bits per heavy atom. The van der Waals surface area contributed by atoms with Gasteiger partial charge >= 0.3 is 25.7 Å². The molecule has 13 nitrogen and oxygen atoms in total. The summed E-state index contributed by atoms with van der Waals surface area (Å²) in [7, 11) is -4.74. The van der Waals surface area contributed by atoms with Crippen molar-refractivity contribution in [2.75, 3.05) is 33.0 Å². The average Bonchev–Trinajstić information content (AvgIpc) is 3.20. The summed E-state index contributed by atoms with van der Waals surface area (Å²) in [6, 6.07) is -0.875. The van der Waals surface area contributed by atoms with Crippen molar-refractivity contribution < 1.29 is 52.2 Å². The highest BCUT2D eigenvalue weighted by molar-refractivity contribution is 7.47. The monoisotopic (exact) mass is 887 g/mol. The van der Waals surface area contributed by atoms with Crippen LogP contribution in [0.25, 0.3) is 0 Å². The minimum Gasteiger partial charge on any atom is -0.462 e. The van der Waals surface area contributed by atoms with E-state index < -0.39 is 63.8 Å². The molecular weight excluding hydrogens is 799 g/mol. The number of unbranched alkanes of at least 4 members (excludes halogenated alkanes) is 25. The number of hydrogen-bond acceptors (Lipinski definition) is 12. The second kappa shape index (κ2) is 43.3. The standard InChI is InChI=1S/C44H87N2O11P.ClH/c1-3-5-7-9-11-13-15-17-19-21-23-25-27-32-42(48)53-37-40(57-43(49)33-28-26-24-22-20-18-16-14-12-10-8-6-4-2)38-56-58(51,52)55-36-39(47)35-54-44(50)41(46)31-29-30-34-45;/h39-41,47H,3-38,45-46H2,1-2H3,(H,51,52);1H. The number of aliphatic hydroxyl groups excluding tert-OH is 1. The average molecular weight is 888 g/mol. The van der Waals surface area contributed by atoms with Gasteiger partial charge in [0.15, 0.2) is 6.10 Å². The fourth-order valence-corrected chi connectivity index (χ4v) is 7.34. The van der Waals surface area contributed by atoms with Gasteiger partial charge in [-0.2, -0.15) is 0 Å². The molecule has 0 rings (SSSR count). The molecule has 0 saturated heterocycles. The summed E-state index contributed by atoms with van der Waals surface area (Å²) in [5.74, 6) is -1.68. The van der Waals surface area contributed by atoms with E-state index in [0.717, 1.165) is 38.5 Å². The smallest absolute Gasteiger partial charge is 0.462 e. The Balaban J connectivity index is 0. The van der Waals surface area contributed by atoms with Crippen molar-refractivity contribution in [2.24, 2.45) is 11.5 Å². The van der Waals surface area contributed by atoms with Crippen LogP contribution in [0.4, 0.5) is 0 Å². The molecule has 0 aliphatic carbocycles. The molecule has 0 radical (unpaired) electrons. The number of esters is 3. The Morgan fingerprint density at radius 1 is 0.542 bits per heavy atom. The van der Waals surface area contributed by atoms with Crippen molar-refractivity contribution in [3.8, 4) is 0 Å². The van der Waals surface area contributed by atoms with Gasteiger partial charge in [0.2, 0.25) is 0 Å². The number of hydrogen-bond donors (Lipinski definition) is 4. The van der Waals surface area contributed by atoms with E-state index in [1.807, 2.05) is 0 Å². The number of aliphatic hydroxyl groups is 1. The van der Waals surface area contributed by atoms with Gasteiger partial charge < -0.3 is 35.7 Å². The van der Waals surface area contributed by atoms with E-state index in [1.165, 1.54) is 116 Å². The van der Waals surface area contributed by atoms with Crippen LogP contribution in [0.15, 0.2) is 0 Å². The Labute approximate surface area is 364 Å². The Hall–Kier alpha value is -1.31. The first-order valence-corrected chi connectivity index (χ1v) is 24.8. The zero-order valence-electron chi connectivity index (χ0n) is 37.3. The van der Waals surface area contributed by atoms with Crippen molar-refractivity contribution in [3.63, 3.8) is 0 Å². The number of carbonyl (C=O) groups excluding carboxylic acids is 3. The predicted octanol–water partition coefficient (Wildman–Crippen LogP) is 10.3. The Bertz CT molecular complexity index is 1030. The number of phosphoric acid groups is 1. The van der Waals surface area contributed by atoms with Gasteiger partial charge in [0.25, 0.3) is 0 Å². The Morgan fingerprint density at radius 2 is 0.949 bits per heavy atom. The summed E-state index contributed by atoms with van der Waals surface area (Å²) in [4.78, 5) is 47.5. The van der Waals surface area contributed by atoms with E-state index >= 15 is 0 Å².